The molecule has 0 aliphatic carbocycles. The van der Waals surface area contributed by atoms with Gasteiger partial charge in [0.2, 0.25) is 5.91 Å². The Morgan fingerprint density at radius 2 is 2.13 bits per heavy atom. The number of aryl methyl sites for hydroxylation is 1. The van der Waals surface area contributed by atoms with Crippen LogP contribution in [0.1, 0.15) is 24.5 Å². The zero-order valence-electron chi connectivity index (χ0n) is 13.1. The Morgan fingerprint density at radius 3 is 2.78 bits per heavy atom. The molecule has 5 nitrogen and oxygen atoms in total. The number of aromatic nitrogens is 1. The smallest absolute Gasteiger partial charge is 0.227 e. The van der Waals surface area contributed by atoms with Gasteiger partial charge in [0.05, 0.1) is 18.4 Å². The summed E-state index contributed by atoms with van der Waals surface area (Å²) in [4.78, 5) is 18.8. The molecule has 0 bridgehead atoms. The minimum atomic E-state index is 0.0646. The Morgan fingerprint density at radius 1 is 1.39 bits per heavy atom. The van der Waals surface area contributed by atoms with Gasteiger partial charge in [-0.3, -0.25) is 9.69 Å². The van der Waals surface area contributed by atoms with Crippen molar-refractivity contribution in [3.63, 3.8) is 0 Å². The lowest BCUT2D eigenvalue weighted by Gasteiger charge is -2.30. The van der Waals surface area contributed by atoms with E-state index in [1.54, 1.807) is 6.20 Å². The lowest BCUT2D eigenvalue weighted by Crippen LogP contribution is -2.37. The van der Waals surface area contributed by atoms with Gasteiger partial charge in [0.15, 0.2) is 5.89 Å². The van der Waals surface area contributed by atoms with Gasteiger partial charge >= 0.3 is 0 Å². The van der Waals surface area contributed by atoms with E-state index >= 15 is 0 Å². The van der Waals surface area contributed by atoms with Gasteiger partial charge in [-0.1, -0.05) is 12.1 Å². The number of oxazole rings is 1. The molecule has 1 fully saturated rings. The van der Waals surface area contributed by atoms with Crippen molar-refractivity contribution in [1.82, 2.24) is 9.88 Å². The van der Waals surface area contributed by atoms with Crippen LogP contribution in [-0.4, -0.2) is 28.9 Å². The van der Waals surface area contributed by atoms with Crippen LogP contribution >= 0.6 is 15.9 Å². The second-order valence-corrected chi connectivity index (χ2v) is 6.72. The zero-order chi connectivity index (χ0) is 16.2. The maximum Gasteiger partial charge on any atom is 0.227 e. The van der Waals surface area contributed by atoms with Crippen molar-refractivity contribution in [3.8, 4) is 0 Å². The molecular formula is C17H20BrN3O2. The van der Waals surface area contributed by atoms with Crippen LogP contribution in [0.4, 0.5) is 5.69 Å². The first-order valence-electron chi connectivity index (χ1n) is 7.81. The number of likely N-dealkylation sites (tertiary alicyclic amines) is 1. The van der Waals surface area contributed by atoms with Crippen LogP contribution in [0.15, 0.2) is 39.4 Å². The molecule has 2 heterocycles. The molecule has 1 saturated heterocycles. The summed E-state index contributed by atoms with van der Waals surface area (Å²) in [6.45, 7) is 4.41. The Bertz CT molecular complexity index is 678. The van der Waals surface area contributed by atoms with Crippen LogP contribution in [0.3, 0.4) is 0 Å². The monoisotopic (exact) mass is 377 g/mol. The quantitative estimate of drug-likeness (QED) is 0.884. The highest BCUT2D eigenvalue weighted by atomic mass is 79.9. The predicted molar refractivity (Wildman–Crippen MR) is 92.0 cm³/mol. The van der Waals surface area contributed by atoms with Crippen molar-refractivity contribution in [2.24, 2.45) is 5.92 Å². The summed E-state index contributed by atoms with van der Waals surface area (Å²) in [6, 6.07) is 7.69. The van der Waals surface area contributed by atoms with Gasteiger partial charge in [-0.25, -0.2) is 4.98 Å². The van der Waals surface area contributed by atoms with E-state index in [2.05, 4.69) is 31.1 Å². The lowest BCUT2D eigenvalue weighted by atomic mass is 9.95. The molecule has 1 aliphatic rings. The number of carbonyl (C=O) groups excluding carboxylic acids is 1. The first-order chi connectivity index (χ1) is 11.1. The number of nitrogens with one attached hydrogen (secondary N) is 1. The van der Waals surface area contributed by atoms with Crippen LogP contribution in [0, 0.1) is 12.8 Å². The third kappa shape index (κ3) is 4.20. The van der Waals surface area contributed by atoms with E-state index in [0.29, 0.717) is 5.89 Å². The van der Waals surface area contributed by atoms with E-state index in [4.69, 9.17) is 4.42 Å². The number of para-hydroxylation sites is 1. The molecule has 1 N–H and O–H groups in total. The van der Waals surface area contributed by atoms with E-state index in [1.165, 1.54) is 0 Å². The summed E-state index contributed by atoms with van der Waals surface area (Å²) in [7, 11) is 0. The molecule has 2 aromatic rings. The number of carbonyl (C=O) groups is 1. The maximum atomic E-state index is 12.4. The second kappa shape index (κ2) is 7.27. The van der Waals surface area contributed by atoms with Gasteiger partial charge in [-0.15, -0.1) is 0 Å². The number of nitrogens with zero attached hydrogens (tertiary/aromatic N) is 2. The lowest BCUT2D eigenvalue weighted by molar-refractivity contribution is -0.121. The van der Waals surface area contributed by atoms with Gasteiger partial charge in [-0.2, -0.15) is 0 Å². The van der Waals surface area contributed by atoms with E-state index in [-0.39, 0.29) is 11.8 Å². The molecule has 1 aromatic heterocycles. The Hall–Kier alpha value is -1.66. The average molecular weight is 378 g/mol. The number of rotatable bonds is 4. The Labute approximate surface area is 144 Å². The second-order valence-electron chi connectivity index (χ2n) is 5.87. The topological polar surface area (TPSA) is 58.4 Å². The minimum absolute atomic E-state index is 0.0646. The van der Waals surface area contributed by atoms with Crippen molar-refractivity contribution >= 4 is 27.5 Å². The number of hydrogen-bond donors (Lipinski definition) is 1. The molecule has 3 rings (SSSR count). The van der Waals surface area contributed by atoms with Crippen LogP contribution in [0.25, 0.3) is 0 Å². The third-order valence-corrected chi connectivity index (χ3v) is 4.83. The molecular weight excluding hydrogens is 358 g/mol. The van der Waals surface area contributed by atoms with E-state index in [1.807, 2.05) is 31.2 Å². The number of halogens is 1. The molecule has 0 radical (unpaired) electrons. The van der Waals surface area contributed by atoms with E-state index in [9.17, 15) is 4.79 Å². The van der Waals surface area contributed by atoms with Crippen molar-refractivity contribution in [2.75, 3.05) is 18.4 Å². The summed E-state index contributed by atoms with van der Waals surface area (Å²) in [6.07, 6.45) is 3.51. The third-order valence-electron chi connectivity index (χ3n) is 4.14. The molecule has 1 aliphatic heterocycles. The normalized spacial score (nSPS) is 16.4. The van der Waals surface area contributed by atoms with Crippen LogP contribution in [-0.2, 0) is 11.3 Å². The number of hydrogen-bond acceptors (Lipinski definition) is 4. The molecule has 122 valence electrons. The first-order valence-corrected chi connectivity index (χ1v) is 8.60. The van der Waals surface area contributed by atoms with Crippen LogP contribution in [0.2, 0.25) is 0 Å². The van der Waals surface area contributed by atoms with Crippen molar-refractivity contribution in [3.05, 3.63) is 46.6 Å². The molecule has 6 heteroatoms. The van der Waals surface area contributed by atoms with Gasteiger partial charge in [0.25, 0.3) is 0 Å². The van der Waals surface area contributed by atoms with Crippen molar-refractivity contribution in [1.29, 1.82) is 0 Å². The standard InChI is InChI=1S/C17H20BrN3O2/c1-12-19-10-14(23-12)11-21-8-6-13(7-9-21)17(22)20-16-5-3-2-4-15(16)18/h2-5,10,13H,6-9,11H2,1H3,(H,20,22). The molecule has 1 aromatic carbocycles. The largest absolute Gasteiger partial charge is 0.445 e. The highest BCUT2D eigenvalue weighted by Gasteiger charge is 2.25. The summed E-state index contributed by atoms with van der Waals surface area (Å²) < 4.78 is 6.42. The Kier molecular flexibility index (Phi) is 5.13. The zero-order valence-corrected chi connectivity index (χ0v) is 14.7. The molecule has 0 atom stereocenters. The SMILES string of the molecule is Cc1ncc(CN2CCC(C(=O)Nc3ccccc3Br)CC2)o1. The maximum absolute atomic E-state index is 12.4. The summed E-state index contributed by atoms with van der Waals surface area (Å²) in [5, 5.41) is 3.01. The summed E-state index contributed by atoms with van der Waals surface area (Å²) >= 11 is 3.46. The fourth-order valence-electron chi connectivity index (χ4n) is 2.85. The predicted octanol–water partition coefficient (Wildman–Crippen LogP) is 3.60. The Balaban J connectivity index is 1.50. The van der Waals surface area contributed by atoms with Gasteiger partial charge < -0.3 is 9.73 Å². The van der Waals surface area contributed by atoms with Gasteiger partial charge in [0.1, 0.15) is 5.76 Å². The number of benzene rings is 1. The average Bonchev–Trinajstić information content (AvgIpc) is 2.95. The molecule has 1 amide bonds. The molecule has 0 unspecified atom stereocenters. The molecule has 0 saturated carbocycles. The van der Waals surface area contributed by atoms with E-state index in [0.717, 1.165) is 48.4 Å². The highest BCUT2D eigenvalue weighted by molar-refractivity contribution is 9.10. The fourth-order valence-corrected chi connectivity index (χ4v) is 3.23. The number of anilines is 1. The first kappa shape index (κ1) is 16.2. The van der Waals surface area contributed by atoms with Gasteiger partial charge in [-0.05, 0) is 54.0 Å². The van der Waals surface area contributed by atoms with Gasteiger partial charge in [0, 0.05) is 17.3 Å². The minimum Gasteiger partial charge on any atom is -0.445 e. The van der Waals surface area contributed by atoms with Crippen LogP contribution in [0.5, 0.6) is 0 Å². The van der Waals surface area contributed by atoms with Crippen LogP contribution < -0.4 is 5.32 Å². The molecule has 0 spiro atoms. The highest BCUT2D eigenvalue weighted by Crippen LogP contribution is 2.25. The van der Waals surface area contributed by atoms with Crippen molar-refractivity contribution < 1.29 is 9.21 Å². The summed E-state index contributed by atoms with van der Waals surface area (Å²) in [5.74, 6) is 1.75. The van der Waals surface area contributed by atoms with E-state index < -0.39 is 0 Å². The van der Waals surface area contributed by atoms with Crippen molar-refractivity contribution in [2.45, 2.75) is 26.3 Å². The summed E-state index contributed by atoms with van der Waals surface area (Å²) in [5.41, 5.74) is 0.831. The number of amides is 1. The number of piperidine rings is 1. The fraction of sp³-hybridized carbons (Fsp3) is 0.412. The molecule has 23 heavy (non-hydrogen) atoms.